The summed E-state index contributed by atoms with van der Waals surface area (Å²) in [6.45, 7) is 0.0778. The van der Waals surface area contributed by atoms with E-state index in [1.165, 1.54) is 31.3 Å². The summed E-state index contributed by atoms with van der Waals surface area (Å²) >= 11 is 0. The summed E-state index contributed by atoms with van der Waals surface area (Å²) in [5, 5.41) is 0. The van der Waals surface area contributed by atoms with Crippen molar-refractivity contribution in [3.63, 3.8) is 0 Å². The molecular weight excluding hydrogens is 279 g/mol. The lowest BCUT2D eigenvalue weighted by atomic mass is 10.2. The van der Waals surface area contributed by atoms with Crippen LogP contribution in [0, 0.1) is 5.82 Å². The average molecular weight is 294 g/mol. The summed E-state index contributed by atoms with van der Waals surface area (Å²) in [7, 11) is -2.26. The van der Waals surface area contributed by atoms with Gasteiger partial charge in [-0.15, -0.1) is 0 Å². The Morgan fingerprint density at radius 2 is 1.85 bits per heavy atom. The largest absolute Gasteiger partial charge is 0.398 e. The van der Waals surface area contributed by atoms with Gasteiger partial charge in [-0.3, -0.25) is 0 Å². The molecule has 0 fully saturated rings. The first kappa shape index (κ1) is 14.5. The van der Waals surface area contributed by atoms with Crippen LogP contribution in [0.3, 0.4) is 0 Å². The third-order valence-corrected chi connectivity index (χ3v) is 4.78. The number of anilines is 1. The van der Waals surface area contributed by atoms with E-state index in [9.17, 15) is 12.8 Å². The number of halogens is 1. The van der Waals surface area contributed by atoms with E-state index >= 15 is 0 Å². The highest BCUT2D eigenvalue weighted by atomic mass is 32.2. The fraction of sp³-hybridized carbons (Fsp3) is 0.143. The zero-order chi connectivity index (χ0) is 14.8. The van der Waals surface area contributed by atoms with Crippen molar-refractivity contribution in [3.05, 3.63) is 59.9 Å². The minimum Gasteiger partial charge on any atom is -0.398 e. The molecule has 2 aromatic rings. The van der Waals surface area contributed by atoms with Crippen molar-refractivity contribution < 1.29 is 12.8 Å². The van der Waals surface area contributed by atoms with Crippen LogP contribution in [0.4, 0.5) is 10.1 Å². The lowest BCUT2D eigenvalue weighted by Gasteiger charge is -2.18. The van der Waals surface area contributed by atoms with Crippen LogP contribution < -0.4 is 5.73 Å². The summed E-state index contributed by atoms with van der Waals surface area (Å²) in [6.07, 6.45) is 0. The van der Waals surface area contributed by atoms with Crippen molar-refractivity contribution in [2.45, 2.75) is 11.4 Å². The molecular formula is C14H15FN2O2S. The van der Waals surface area contributed by atoms with Gasteiger partial charge in [0.05, 0.1) is 5.69 Å². The predicted octanol–water partition coefficient (Wildman–Crippen LogP) is 2.23. The second kappa shape index (κ2) is 5.60. The Labute approximate surface area is 117 Å². The molecule has 0 aliphatic carbocycles. The maximum atomic E-state index is 13.1. The summed E-state index contributed by atoms with van der Waals surface area (Å²) in [4.78, 5) is 0.0545. The summed E-state index contributed by atoms with van der Waals surface area (Å²) < 4.78 is 39.0. The third kappa shape index (κ3) is 2.97. The van der Waals surface area contributed by atoms with Gasteiger partial charge in [-0.2, -0.15) is 4.31 Å². The molecule has 4 nitrogen and oxygen atoms in total. The molecule has 0 heterocycles. The van der Waals surface area contributed by atoms with Gasteiger partial charge in [-0.25, -0.2) is 12.8 Å². The Morgan fingerprint density at radius 1 is 1.15 bits per heavy atom. The van der Waals surface area contributed by atoms with E-state index in [2.05, 4.69) is 0 Å². The molecule has 0 atom stereocenters. The van der Waals surface area contributed by atoms with Gasteiger partial charge in [0, 0.05) is 13.6 Å². The smallest absolute Gasteiger partial charge is 0.245 e. The van der Waals surface area contributed by atoms with Gasteiger partial charge >= 0.3 is 0 Å². The highest BCUT2D eigenvalue weighted by Gasteiger charge is 2.22. The fourth-order valence-electron chi connectivity index (χ4n) is 1.86. The van der Waals surface area contributed by atoms with Gasteiger partial charge < -0.3 is 5.73 Å². The third-order valence-electron chi connectivity index (χ3n) is 2.90. The van der Waals surface area contributed by atoms with E-state index in [1.54, 1.807) is 24.3 Å². The van der Waals surface area contributed by atoms with Crippen molar-refractivity contribution in [1.29, 1.82) is 0 Å². The number of nitrogen functional groups attached to an aromatic ring is 1. The van der Waals surface area contributed by atoms with Gasteiger partial charge in [-0.1, -0.05) is 24.3 Å². The number of hydrogen-bond donors (Lipinski definition) is 1. The van der Waals surface area contributed by atoms with Crippen LogP contribution >= 0.6 is 0 Å². The molecule has 0 unspecified atom stereocenters. The number of para-hydroxylation sites is 1. The average Bonchev–Trinajstić information content (AvgIpc) is 2.39. The topological polar surface area (TPSA) is 63.4 Å². The van der Waals surface area contributed by atoms with Crippen LogP contribution in [0.1, 0.15) is 5.56 Å². The molecule has 0 aliphatic heterocycles. The zero-order valence-corrected chi connectivity index (χ0v) is 11.8. The van der Waals surface area contributed by atoms with E-state index < -0.39 is 15.8 Å². The fourth-order valence-corrected chi connectivity index (χ4v) is 3.13. The number of nitrogens with two attached hydrogens (primary N) is 1. The predicted molar refractivity (Wildman–Crippen MR) is 75.9 cm³/mol. The molecule has 0 saturated heterocycles. The Hall–Kier alpha value is -1.92. The maximum absolute atomic E-state index is 13.1. The molecule has 0 saturated carbocycles. The van der Waals surface area contributed by atoms with Crippen LogP contribution in [-0.4, -0.2) is 19.8 Å². The first-order chi connectivity index (χ1) is 9.41. The van der Waals surface area contributed by atoms with E-state index in [0.29, 0.717) is 5.56 Å². The van der Waals surface area contributed by atoms with Gasteiger partial charge in [-0.05, 0) is 29.8 Å². The molecule has 106 valence electrons. The van der Waals surface area contributed by atoms with E-state index in [1.807, 2.05) is 0 Å². The standard InChI is InChI=1S/C14H15FN2O2S/c1-17(10-11-5-4-6-12(15)9-11)20(18,19)14-8-3-2-7-13(14)16/h2-9H,10,16H2,1H3. The van der Waals surface area contributed by atoms with Gasteiger partial charge in [0.1, 0.15) is 10.7 Å². The molecule has 0 aromatic heterocycles. The minimum absolute atomic E-state index is 0.0545. The molecule has 0 spiro atoms. The number of nitrogens with zero attached hydrogens (tertiary/aromatic N) is 1. The number of hydrogen-bond acceptors (Lipinski definition) is 3. The van der Waals surface area contributed by atoms with Crippen LogP contribution in [0.15, 0.2) is 53.4 Å². The Morgan fingerprint density at radius 3 is 2.50 bits per heavy atom. The highest BCUT2D eigenvalue weighted by molar-refractivity contribution is 7.89. The first-order valence-electron chi connectivity index (χ1n) is 5.96. The van der Waals surface area contributed by atoms with Crippen LogP contribution in [0.25, 0.3) is 0 Å². The lowest BCUT2D eigenvalue weighted by molar-refractivity contribution is 0.466. The van der Waals surface area contributed by atoms with Crippen molar-refractivity contribution >= 4 is 15.7 Å². The number of benzene rings is 2. The van der Waals surface area contributed by atoms with Gasteiger partial charge in [0.25, 0.3) is 0 Å². The summed E-state index contributed by atoms with van der Waals surface area (Å²) in [5.74, 6) is -0.396. The van der Waals surface area contributed by atoms with Crippen LogP contribution in [-0.2, 0) is 16.6 Å². The van der Waals surface area contributed by atoms with Crippen LogP contribution in [0.2, 0.25) is 0 Å². The normalized spacial score (nSPS) is 11.8. The lowest BCUT2D eigenvalue weighted by Crippen LogP contribution is -2.27. The number of rotatable bonds is 4. The molecule has 20 heavy (non-hydrogen) atoms. The summed E-state index contributed by atoms with van der Waals surface area (Å²) in [5.41, 5.74) is 6.46. The SMILES string of the molecule is CN(Cc1cccc(F)c1)S(=O)(=O)c1ccccc1N. The van der Waals surface area contributed by atoms with E-state index in [0.717, 1.165) is 4.31 Å². The molecule has 2 aromatic carbocycles. The van der Waals surface area contributed by atoms with Gasteiger partial charge in [0.15, 0.2) is 0 Å². The zero-order valence-electron chi connectivity index (χ0n) is 11.0. The molecule has 2 rings (SSSR count). The first-order valence-corrected chi connectivity index (χ1v) is 7.40. The van der Waals surface area contributed by atoms with Gasteiger partial charge in [0.2, 0.25) is 10.0 Å². The molecule has 0 bridgehead atoms. The molecule has 0 radical (unpaired) electrons. The second-order valence-corrected chi connectivity index (χ2v) is 6.44. The Balaban J connectivity index is 2.29. The maximum Gasteiger partial charge on any atom is 0.245 e. The van der Waals surface area contributed by atoms with Crippen LogP contribution in [0.5, 0.6) is 0 Å². The highest BCUT2D eigenvalue weighted by Crippen LogP contribution is 2.22. The Bertz CT molecular complexity index is 717. The molecule has 2 N–H and O–H groups in total. The summed E-state index contributed by atoms with van der Waals surface area (Å²) in [6, 6.07) is 12.1. The quantitative estimate of drug-likeness (QED) is 0.880. The second-order valence-electron chi connectivity index (χ2n) is 4.43. The monoisotopic (exact) mass is 294 g/mol. The van der Waals surface area contributed by atoms with E-state index in [4.69, 9.17) is 5.73 Å². The molecule has 0 aliphatic rings. The van der Waals surface area contributed by atoms with Crippen molar-refractivity contribution in [1.82, 2.24) is 4.31 Å². The molecule has 6 heteroatoms. The minimum atomic E-state index is -3.69. The van der Waals surface area contributed by atoms with Crippen molar-refractivity contribution in [2.24, 2.45) is 0 Å². The Kier molecular flexibility index (Phi) is 4.06. The van der Waals surface area contributed by atoms with Crippen molar-refractivity contribution in [3.8, 4) is 0 Å². The number of sulfonamides is 1. The molecule has 0 amide bonds. The van der Waals surface area contributed by atoms with E-state index in [-0.39, 0.29) is 17.1 Å². The van der Waals surface area contributed by atoms with Crippen molar-refractivity contribution in [2.75, 3.05) is 12.8 Å².